The Balaban J connectivity index is 2.02. The van der Waals surface area contributed by atoms with Crippen molar-refractivity contribution >= 4 is 27.0 Å². The Labute approximate surface area is 143 Å². The van der Waals surface area contributed by atoms with Crippen LogP contribution in [0.3, 0.4) is 0 Å². The molecule has 0 spiro atoms. The quantitative estimate of drug-likeness (QED) is 0.772. The summed E-state index contributed by atoms with van der Waals surface area (Å²) in [5.41, 5.74) is 1.55. The van der Waals surface area contributed by atoms with Crippen LogP contribution < -0.4 is 4.72 Å². The number of sulfonamides is 1. The summed E-state index contributed by atoms with van der Waals surface area (Å²) in [6.45, 7) is 3.63. The predicted molar refractivity (Wildman–Crippen MR) is 90.7 cm³/mol. The summed E-state index contributed by atoms with van der Waals surface area (Å²) in [5.74, 6) is 0.0115. The molecule has 0 bridgehead atoms. The highest BCUT2D eigenvalue weighted by Gasteiger charge is 2.21. The number of para-hydroxylation sites is 2. The van der Waals surface area contributed by atoms with Crippen LogP contribution in [-0.2, 0) is 10.0 Å². The first-order valence-electron chi connectivity index (χ1n) is 6.92. The fraction of sp³-hybridized carbons (Fsp3) is 0.133. The molecule has 1 aromatic carbocycles. The molecule has 122 valence electrons. The average Bonchev–Trinajstić information content (AvgIpc) is 3.14. The molecule has 0 unspecified atom stereocenters. The van der Waals surface area contributed by atoms with Crippen LogP contribution in [0.5, 0.6) is 0 Å². The monoisotopic (exact) mass is 359 g/mol. The molecule has 1 N–H and O–H groups in total. The van der Waals surface area contributed by atoms with Crippen LogP contribution >= 0.6 is 11.3 Å². The Morgan fingerprint density at radius 2 is 2.04 bits per heavy atom. The van der Waals surface area contributed by atoms with Crippen LogP contribution in [0.15, 0.2) is 40.9 Å². The van der Waals surface area contributed by atoms with Gasteiger partial charge in [0, 0.05) is 4.88 Å². The van der Waals surface area contributed by atoms with E-state index in [0.717, 1.165) is 4.88 Å². The molecule has 0 amide bonds. The van der Waals surface area contributed by atoms with Crippen molar-refractivity contribution in [2.45, 2.75) is 18.1 Å². The minimum Gasteiger partial charge on any atom is -0.277 e. The number of thiophene rings is 1. The van der Waals surface area contributed by atoms with Crippen molar-refractivity contribution in [3.8, 4) is 11.8 Å². The highest BCUT2D eigenvalue weighted by atomic mass is 32.2. The van der Waals surface area contributed by atoms with Gasteiger partial charge in [0.25, 0.3) is 15.8 Å². The van der Waals surface area contributed by atoms with E-state index in [4.69, 9.17) is 5.26 Å². The zero-order valence-corrected chi connectivity index (χ0v) is 14.5. The normalized spacial score (nSPS) is 11.2. The third kappa shape index (κ3) is 3.02. The van der Waals surface area contributed by atoms with Crippen molar-refractivity contribution in [3.63, 3.8) is 0 Å². The van der Waals surface area contributed by atoms with Gasteiger partial charge in [-0.15, -0.1) is 16.4 Å². The van der Waals surface area contributed by atoms with Crippen molar-refractivity contribution in [2.75, 3.05) is 4.72 Å². The molecular formula is C15H13N5O2S2. The topological polar surface area (TPSA) is 101 Å². The van der Waals surface area contributed by atoms with Crippen molar-refractivity contribution in [2.24, 2.45) is 0 Å². The second kappa shape index (κ2) is 6.07. The van der Waals surface area contributed by atoms with Gasteiger partial charge in [-0.05, 0) is 37.6 Å². The lowest BCUT2D eigenvalue weighted by molar-refractivity contribution is 0.602. The molecule has 9 heteroatoms. The molecule has 0 aliphatic heterocycles. The molecule has 3 rings (SSSR count). The lowest BCUT2D eigenvalue weighted by atomic mass is 10.3. The molecule has 0 saturated carbocycles. The summed E-state index contributed by atoms with van der Waals surface area (Å²) in [6, 6.07) is 10.5. The first-order chi connectivity index (χ1) is 11.4. The van der Waals surface area contributed by atoms with E-state index in [2.05, 4.69) is 14.8 Å². The molecule has 2 heterocycles. The average molecular weight is 359 g/mol. The number of benzene rings is 1. The van der Waals surface area contributed by atoms with E-state index >= 15 is 0 Å². The zero-order chi connectivity index (χ0) is 17.3. The van der Waals surface area contributed by atoms with E-state index < -0.39 is 10.0 Å². The lowest BCUT2D eigenvalue weighted by Crippen LogP contribution is -2.14. The van der Waals surface area contributed by atoms with Gasteiger partial charge in [-0.2, -0.15) is 5.26 Å². The molecule has 3 aromatic rings. The molecule has 7 nitrogen and oxygen atoms in total. The minimum absolute atomic E-state index is 0.0115. The first-order valence-corrected chi connectivity index (χ1v) is 9.22. The number of nitrogens with zero attached hydrogens (tertiary/aromatic N) is 4. The minimum atomic E-state index is -3.71. The van der Waals surface area contributed by atoms with Gasteiger partial charge in [0.15, 0.2) is 0 Å². The Morgan fingerprint density at radius 3 is 2.67 bits per heavy atom. The van der Waals surface area contributed by atoms with Gasteiger partial charge in [0.1, 0.15) is 16.6 Å². The summed E-state index contributed by atoms with van der Waals surface area (Å²) in [7, 11) is -3.71. The molecule has 2 aromatic heterocycles. The summed E-state index contributed by atoms with van der Waals surface area (Å²) >= 11 is 1.22. The van der Waals surface area contributed by atoms with Crippen molar-refractivity contribution < 1.29 is 8.42 Å². The highest BCUT2D eigenvalue weighted by Crippen LogP contribution is 2.29. The number of hydrogen-bond donors (Lipinski definition) is 1. The smallest absolute Gasteiger partial charge is 0.271 e. The van der Waals surface area contributed by atoms with Gasteiger partial charge < -0.3 is 0 Å². The molecule has 0 aliphatic carbocycles. The number of nitriles is 1. The van der Waals surface area contributed by atoms with Gasteiger partial charge in [-0.25, -0.2) is 18.1 Å². The van der Waals surface area contributed by atoms with Crippen molar-refractivity contribution in [1.29, 1.82) is 5.26 Å². The van der Waals surface area contributed by atoms with Gasteiger partial charge >= 0.3 is 0 Å². The molecule has 0 radical (unpaired) electrons. The Morgan fingerprint density at radius 1 is 1.29 bits per heavy atom. The number of anilines is 1. The number of nitrogens with one attached hydrogen (secondary N) is 1. The maximum atomic E-state index is 12.7. The number of hydrogen-bond acceptors (Lipinski definition) is 6. The lowest BCUT2D eigenvalue weighted by Gasteiger charge is -2.11. The SMILES string of the molecule is Cc1cc(C)c(S(=O)(=O)Nc2ccccc2-n2cnc(C#N)n2)s1. The van der Waals surface area contributed by atoms with Crippen LogP contribution in [0.2, 0.25) is 0 Å². The number of aromatic nitrogens is 3. The van der Waals surface area contributed by atoms with Crippen LogP contribution in [0.25, 0.3) is 5.69 Å². The fourth-order valence-corrected chi connectivity index (χ4v) is 5.01. The van der Waals surface area contributed by atoms with E-state index in [1.165, 1.54) is 22.3 Å². The van der Waals surface area contributed by atoms with E-state index in [1.54, 1.807) is 31.2 Å². The summed E-state index contributed by atoms with van der Waals surface area (Å²) in [6.07, 6.45) is 1.37. The Hall–Kier alpha value is -2.70. The standard InChI is InChI=1S/C15H13N5O2S2/c1-10-7-11(2)23-15(10)24(21,22)19-12-5-3-4-6-13(12)20-9-17-14(8-16)18-20/h3-7,9,19H,1-2H3. The molecule has 0 aliphatic rings. The van der Waals surface area contributed by atoms with Gasteiger partial charge in [-0.1, -0.05) is 12.1 Å². The predicted octanol–water partition coefficient (Wildman–Crippen LogP) is 2.62. The van der Waals surface area contributed by atoms with Crippen LogP contribution in [-0.4, -0.2) is 23.2 Å². The molecule has 0 saturated heterocycles. The Bertz CT molecular complexity index is 1040. The fourth-order valence-electron chi connectivity index (χ4n) is 2.27. The molecule has 0 atom stereocenters. The second-order valence-electron chi connectivity index (χ2n) is 5.07. The maximum absolute atomic E-state index is 12.7. The van der Waals surface area contributed by atoms with Gasteiger partial charge in [-0.3, -0.25) is 4.72 Å². The van der Waals surface area contributed by atoms with E-state index in [9.17, 15) is 8.42 Å². The summed E-state index contributed by atoms with van der Waals surface area (Å²) in [5, 5.41) is 12.8. The second-order valence-corrected chi connectivity index (χ2v) is 8.21. The van der Waals surface area contributed by atoms with Crippen LogP contribution in [0, 0.1) is 25.2 Å². The van der Waals surface area contributed by atoms with Crippen LogP contribution in [0.1, 0.15) is 16.3 Å². The highest BCUT2D eigenvalue weighted by molar-refractivity contribution is 7.94. The first kappa shape index (κ1) is 16.2. The molecular weight excluding hydrogens is 346 g/mol. The maximum Gasteiger partial charge on any atom is 0.271 e. The van der Waals surface area contributed by atoms with Crippen molar-refractivity contribution in [1.82, 2.24) is 14.8 Å². The summed E-state index contributed by atoms with van der Waals surface area (Å²) < 4.78 is 29.6. The Kier molecular flexibility index (Phi) is 4.09. The van der Waals surface area contributed by atoms with Gasteiger partial charge in [0.05, 0.1) is 11.4 Å². The summed E-state index contributed by atoms with van der Waals surface area (Å²) in [4.78, 5) is 4.77. The largest absolute Gasteiger partial charge is 0.277 e. The van der Waals surface area contributed by atoms with E-state index in [0.29, 0.717) is 16.9 Å². The zero-order valence-electron chi connectivity index (χ0n) is 12.9. The molecule has 24 heavy (non-hydrogen) atoms. The number of rotatable bonds is 4. The third-order valence-corrected chi connectivity index (χ3v) is 6.38. The van der Waals surface area contributed by atoms with Crippen LogP contribution in [0.4, 0.5) is 5.69 Å². The van der Waals surface area contributed by atoms with E-state index in [-0.39, 0.29) is 10.0 Å². The van der Waals surface area contributed by atoms with Crippen molar-refractivity contribution in [3.05, 3.63) is 52.9 Å². The van der Waals surface area contributed by atoms with E-state index in [1.807, 2.05) is 19.1 Å². The van der Waals surface area contributed by atoms with Gasteiger partial charge in [0.2, 0.25) is 0 Å². The third-order valence-electron chi connectivity index (χ3n) is 3.23. The number of aryl methyl sites for hydroxylation is 2. The molecule has 0 fully saturated rings.